The molecule has 0 unspecified atom stereocenters. The molecule has 1 N–H and O–H groups in total. The zero-order valence-electron chi connectivity index (χ0n) is 10.6. The second kappa shape index (κ2) is 6.76. The fourth-order valence-electron chi connectivity index (χ4n) is 1.96. The van der Waals surface area contributed by atoms with Crippen molar-refractivity contribution < 1.29 is 4.74 Å². The van der Waals surface area contributed by atoms with Crippen molar-refractivity contribution in [2.24, 2.45) is 0 Å². The summed E-state index contributed by atoms with van der Waals surface area (Å²) in [6, 6.07) is 12.6. The molecule has 96 valence electrons. The van der Waals surface area contributed by atoms with Gasteiger partial charge in [0, 0.05) is 35.3 Å². The molecule has 0 saturated carbocycles. The number of benzene rings is 2. The molecule has 0 aliphatic heterocycles. The maximum absolute atomic E-state index is 5.33. The average Bonchev–Trinajstić information content (AvgIpc) is 2.41. The first kappa shape index (κ1) is 13.4. The molecule has 2 rings (SSSR count). The van der Waals surface area contributed by atoms with E-state index in [4.69, 9.17) is 4.74 Å². The van der Waals surface area contributed by atoms with Gasteiger partial charge < -0.3 is 10.1 Å². The van der Waals surface area contributed by atoms with Gasteiger partial charge in [0.05, 0.1) is 0 Å². The molecule has 0 saturated heterocycles. The van der Waals surface area contributed by atoms with Gasteiger partial charge in [-0.05, 0) is 30.9 Å². The first-order chi connectivity index (χ1) is 8.83. The highest BCUT2D eigenvalue weighted by molar-refractivity contribution is 9.10. The lowest BCUT2D eigenvalue weighted by atomic mass is 10.1. The Morgan fingerprint density at radius 2 is 1.89 bits per heavy atom. The van der Waals surface area contributed by atoms with Crippen LogP contribution >= 0.6 is 15.9 Å². The maximum Gasteiger partial charge on any atom is 0.0482 e. The van der Waals surface area contributed by atoms with E-state index in [0.29, 0.717) is 0 Å². The average molecular weight is 308 g/mol. The van der Waals surface area contributed by atoms with Crippen LogP contribution in [0.2, 0.25) is 0 Å². The molecule has 0 heterocycles. The van der Waals surface area contributed by atoms with Gasteiger partial charge in [-0.2, -0.15) is 0 Å². The van der Waals surface area contributed by atoms with Crippen LogP contribution in [0.3, 0.4) is 0 Å². The first-order valence-electron chi connectivity index (χ1n) is 6.32. The molecule has 0 spiro atoms. The summed E-state index contributed by atoms with van der Waals surface area (Å²) in [5.41, 5.74) is 1.19. The fourth-order valence-corrected chi connectivity index (χ4v) is 2.44. The molecule has 0 aliphatic rings. The van der Waals surface area contributed by atoms with Crippen LogP contribution in [0.4, 0.5) is 5.69 Å². The zero-order valence-corrected chi connectivity index (χ0v) is 12.2. The van der Waals surface area contributed by atoms with E-state index in [2.05, 4.69) is 57.6 Å². The van der Waals surface area contributed by atoms with Crippen LogP contribution in [-0.4, -0.2) is 19.8 Å². The van der Waals surface area contributed by atoms with Gasteiger partial charge >= 0.3 is 0 Å². The van der Waals surface area contributed by atoms with Gasteiger partial charge in [0.15, 0.2) is 0 Å². The topological polar surface area (TPSA) is 21.3 Å². The van der Waals surface area contributed by atoms with Gasteiger partial charge in [-0.1, -0.05) is 40.2 Å². The van der Waals surface area contributed by atoms with Crippen LogP contribution in [0.1, 0.15) is 13.3 Å². The third-order valence-corrected chi connectivity index (χ3v) is 3.55. The second-order valence-corrected chi connectivity index (χ2v) is 4.97. The van der Waals surface area contributed by atoms with E-state index < -0.39 is 0 Å². The van der Waals surface area contributed by atoms with Crippen LogP contribution in [0.25, 0.3) is 10.8 Å². The number of fused-ring (bicyclic) bond motifs is 1. The Morgan fingerprint density at radius 3 is 2.67 bits per heavy atom. The predicted molar refractivity (Wildman–Crippen MR) is 81.2 cm³/mol. The van der Waals surface area contributed by atoms with Gasteiger partial charge in [-0.15, -0.1) is 0 Å². The number of rotatable bonds is 6. The number of halogens is 1. The van der Waals surface area contributed by atoms with E-state index in [1.54, 1.807) is 0 Å². The smallest absolute Gasteiger partial charge is 0.0482 e. The Labute approximate surface area is 116 Å². The molecule has 0 bridgehead atoms. The summed E-state index contributed by atoms with van der Waals surface area (Å²) in [7, 11) is 0. The summed E-state index contributed by atoms with van der Waals surface area (Å²) >= 11 is 3.59. The molecule has 0 atom stereocenters. The maximum atomic E-state index is 5.33. The van der Waals surface area contributed by atoms with Crippen LogP contribution in [0, 0.1) is 0 Å². The predicted octanol–water partition coefficient (Wildman–Crippen LogP) is 4.44. The number of anilines is 1. The molecule has 2 nitrogen and oxygen atoms in total. The lowest BCUT2D eigenvalue weighted by molar-refractivity contribution is 0.147. The van der Waals surface area contributed by atoms with Gasteiger partial charge in [-0.3, -0.25) is 0 Å². The summed E-state index contributed by atoms with van der Waals surface area (Å²) in [5, 5.41) is 5.97. The van der Waals surface area contributed by atoms with Crippen molar-refractivity contribution >= 4 is 32.4 Å². The van der Waals surface area contributed by atoms with Crippen LogP contribution in [0.5, 0.6) is 0 Å². The van der Waals surface area contributed by atoms with E-state index in [1.807, 2.05) is 6.92 Å². The molecule has 0 fully saturated rings. The van der Waals surface area contributed by atoms with E-state index in [-0.39, 0.29) is 0 Å². The van der Waals surface area contributed by atoms with Crippen molar-refractivity contribution in [2.45, 2.75) is 13.3 Å². The van der Waals surface area contributed by atoms with Gasteiger partial charge in [0.1, 0.15) is 0 Å². The monoisotopic (exact) mass is 307 g/mol. The summed E-state index contributed by atoms with van der Waals surface area (Å²) in [6.07, 6.45) is 1.03. The standard InChI is InChI=1S/C15H18BrNO/c1-2-18-11-5-10-17-15-9-8-14(16)12-6-3-4-7-13(12)15/h3-4,6-9,17H,2,5,10-11H2,1H3. The quantitative estimate of drug-likeness (QED) is 0.797. The molecular formula is C15H18BrNO. The summed E-state index contributed by atoms with van der Waals surface area (Å²) in [5.74, 6) is 0. The summed E-state index contributed by atoms with van der Waals surface area (Å²) in [4.78, 5) is 0. The van der Waals surface area contributed by atoms with Crippen LogP contribution < -0.4 is 5.32 Å². The van der Waals surface area contributed by atoms with E-state index in [9.17, 15) is 0 Å². The fraction of sp³-hybridized carbons (Fsp3) is 0.333. The van der Waals surface area contributed by atoms with E-state index in [0.717, 1.165) is 30.7 Å². The normalized spacial score (nSPS) is 10.8. The number of nitrogens with one attached hydrogen (secondary N) is 1. The van der Waals surface area contributed by atoms with Crippen molar-refractivity contribution in [3.63, 3.8) is 0 Å². The summed E-state index contributed by atoms with van der Waals surface area (Å²) in [6.45, 7) is 4.57. The number of hydrogen-bond donors (Lipinski definition) is 1. The lowest BCUT2D eigenvalue weighted by Crippen LogP contribution is -2.05. The molecule has 0 aromatic heterocycles. The minimum Gasteiger partial charge on any atom is -0.384 e. The molecular weight excluding hydrogens is 290 g/mol. The Bertz CT molecular complexity index is 513. The minimum atomic E-state index is 0.793. The lowest BCUT2D eigenvalue weighted by Gasteiger charge is -2.11. The van der Waals surface area contributed by atoms with Crippen molar-refractivity contribution in [2.75, 3.05) is 25.1 Å². The van der Waals surface area contributed by atoms with Gasteiger partial charge in [0.2, 0.25) is 0 Å². The van der Waals surface area contributed by atoms with Gasteiger partial charge in [-0.25, -0.2) is 0 Å². The molecule has 3 heteroatoms. The Morgan fingerprint density at radius 1 is 1.11 bits per heavy atom. The Hall–Kier alpha value is -1.06. The third kappa shape index (κ3) is 3.24. The van der Waals surface area contributed by atoms with E-state index >= 15 is 0 Å². The van der Waals surface area contributed by atoms with Crippen LogP contribution in [-0.2, 0) is 4.74 Å². The Balaban J connectivity index is 2.07. The minimum absolute atomic E-state index is 0.793. The molecule has 2 aromatic carbocycles. The van der Waals surface area contributed by atoms with Gasteiger partial charge in [0.25, 0.3) is 0 Å². The molecule has 0 radical (unpaired) electrons. The first-order valence-corrected chi connectivity index (χ1v) is 7.11. The second-order valence-electron chi connectivity index (χ2n) is 4.12. The Kier molecular flexibility index (Phi) is 5.02. The zero-order chi connectivity index (χ0) is 12.8. The molecule has 0 amide bonds. The third-order valence-electron chi connectivity index (χ3n) is 2.86. The van der Waals surface area contributed by atoms with Crippen LogP contribution in [0.15, 0.2) is 40.9 Å². The largest absolute Gasteiger partial charge is 0.384 e. The van der Waals surface area contributed by atoms with E-state index in [1.165, 1.54) is 16.5 Å². The molecule has 18 heavy (non-hydrogen) atoms. The number of ether oxygens (including phenoxy) is 1. The highest BCUT2D eigenvalue weighted by Crippen LogP contribution is 2.29. The molecule has 0 aliphatic carbocycles. The highest BCUT2D eigenvalue weighted by Gasteiger charge is 2.02. The number of hydrogen-bond acceptors (Lipinski definition) is 2. The van der Waals surface area contributed by atoms with Crippen molar-refractivity contribution in [1.29, 1.82) is 0 Å². The summed E-state index contributed by atoms with van der Waals surface area (Å²) < 4.78 is 6.47. The van der Waals surface area contributed by atoms with Crippen molar-refractivity contribution in [3.05, 3.63) is 40.9 Å². The van der Waals surface area contributed by atoms with Crippen molar-refractivity contribution in [1.82, 2.24) is 0 Å². The highest BCUT2D eigenvalue weighted by atomic mass is 79.9. The van der Waals surface area contributed by atoms with Crippen molar-refractivity contribution in [3.8, 4) is 0 Å². The SMILES string of the molecule is CCOCCCNc1ccc(Br)c2ccccc12. The molecule has 2 aromatic rings.